The van der Waals surface area contributed by atoms with Gasteiger partial charge in [-0.1, -0.05) is 24.3 Å². The van der Waals surface area contributed by atoms with Crippen molar-refractivity contribution in [3.8, 4) is 0 Å². The van der Waals surface area contributed by atoms with Gasteiger partial charge in [0.1, 0.15) is 5.65 Å². The van der Waals surface area contributed by atoms with E-state index in [0.717, 1.165) is 88.4 Å². The molecule has 2 saturated heterocycles. The lowest BCUT2D eigenvalue weighted by Gasteiger charge is -2.28. The summed E-state index contributed by atoms with van der Waals surface area (Å²) in [7, 11) is 0. The molecule has 0 radical (unpaired) electrons. The van der Waals surface area contributed by atoms with Crippen LogP contribution >= 0.6 is 0 Å². The summed E-state index contributed by atoms with van der Waals surface area (Å²) in [5.74, 6) is 0.768. The number of imidazole rings is 1. The molecule has 1 atom stereocenters. The van der Waals surface area contributed by atoms with Crippen LogP contribution < -0.4 is 0 Å². The molecule has 3 aromatic rings. The number of aromatic nitrogens is 2. The highest BCUT2D eigenvalue weighted by Gasteiger charge is 2.24. The quantitative estimate of drug-likeness (QED) is 0.618. The maximum absolute atomic E-state index is 13.5. The van der Waals surface area contributed by atoms with Crippen LogP contribution in [0, 0.1) is 5.92 Å². The molecule has 5 rings (SSSR count). The van der Waals surface area contributed by atoms with Gasteiger partial charge in [0.2, 0.25) is 0 Å². The van der Waals surface area contributed by atoms with E-state index in [4.69, 9.17) is 4.74 Å². The Kier molecular flexibility index (Phi) is 6.51. The second-order valence-corrected chi connectivity index (χ2v) is 9.03. The zero-order chi connectivity index (χ0) is 21.8. The van der Waals surface area contributed by atoms with E-state index >= 15 is 0 Å². The lowest BCUT2D eigenvalue weighted by Crippen LogP contribution is -2.37. The number of hydrogen-bond donors (Lipinski definition) is 0. The van der Waals surface area contributed by atoms with E-state index in [1.165, 1.54) is 5.56 Å². The Morgan fingerprint density at radius 2 is 1.81 bits per heavy atom. The third kappa shape index (κ3) is 4.71. The smallest absolute Gasteiger partial charge is 0.254 e. The lowest BCUT2D eigenvalue weighted by molar-refractivity contribution is 0.0340. The predicted molar refractivity (Wildman–Crippen MR) is 125 cm³/mol. The molecule has 2 fully saturated rings. The summed E-state index contributed by atoms with van der Waals surface area (Å²) in [6, 6.07) is 12.4. The number of pyridine rings is 1. The Morgan fingerprint density at radius 1 is 0.969 bits per heavy atom. The van der Waals surface area contributed by atoms with Crippen molar-refractivity contribution in [1.29, 1.82) is 0 Å². The highest BCUT2D eigenvalue weighted by atomic mass is 16.5. The number of rotatable bonds is 5. The van der Waals surface area contributed by atoms with Crippen molar-refractivity contribution in [1.82, 2.24) is 19.2 Å². The molecule has 0 saturated carbocycles. The van der Waals surface area contributed by atoms with Crippen molar-refractivity contribution in [3.63, 3.8) is 0 Å². The number of benzene rings is 1. The van der Waals surface area contributed by atoms with Crippen LogP contribution in [0.5, 0.6) is 0 Å². The second-order valence-electron chi connectivity index (χ2n) is 9.03. The minimum absolute atomic E-state index is 0.185. The Hall–Kier alpha value is -2.70. The van der Waals surface area contributed by atoms with E-state index in [1.807, 2.05) is 36.8 Å². The molecule has 6 heteroatoms. The molecule has 1 unspecified atom stereocenters. The van der Waals surface area contributed by atoms with Crippen LogP contribution in [-0.2, 0) is 17.7 Å². The summed E-state index contributed by atoms with van der Waals surface area (Å²) in [5.41, 5.74) is 4.35. The fourth-order valence-corrected chi connectivity index (χ4v) is 5.09. The van der Waals surface area contributed by atoms with Gasteiger partial charge in [-0.15, -0.1) is 0 Å². The molecule has 4 heterocycles. The molecule has 0 N–H and O–H groups in total. The van der Waals surface area contributed by atoms with Gasteiger partial charge in [0.15, 0.2) is 0 Å². The van der Waals surface area contributed by atoms with E-state index in [0.29, 0.717) is 5.92 Å². The number of likely N-dealkylation sites (tertiary alicyclic amines) is 1. The highest BCUT2D eigenvalue weighted by Crippen LogP contribution is 2.25. The average molecular weight is 433 g/mol. The van der Waals surface area contributed by atoms with Crippen molar-refractivity contribution in [2.75, 3.05) is 39.4 Å². The Morgan fingerprint density at radius 3 is 2.72 bits per heavy atom. The first-order chi connectivity index (χ1) is 15.8. The summed E-state index contributed by atoms with van der Waals surface area (Å²) in [5, 5.41) is 0. The van der Waals surface area contributed by atoms with Gasteiger partial charge in [-0.2, -0.15) is 0 Å². The molecule has 2 aliphatic heterocycles. The van der Waals surface area contributed by atoms with Crippen LogP contribution in [0.25, 0.3) is 5.65 Å². The third-order valence-electron chi connectivity index (χ3n) is 6.89. The Labute approximate surface area is 189 Å². The van der Waals surface area contributed by atoms with Crippen LogP contribution in [0.1, 0.15) is 40.7 Å². The average Bonchev–Trinajstić information content (AvgIpc) is 3.20. The van der Waals surface area contributed by atoms with Gasteiger partial charge in [-0.05, 0) is 54.9 Å². The molecule has 32 heavy (non-hydrogen) atoms. The number of morpholine rings is 1. The number of amides is 1. The molecule has 0 spiro atoms. The third-order valence-corrected chi connectivity index (χ3v) is 6.89. The van der Waals surface area contributed by atoms with Crippen molar-refractivity contribution in [3.05, 3.63) is 71.7 Å². The Bertz CT molecular complexity index is 1060. The van der Waals surface area contributed by atoms with Gasteiger partial charge in [0.25, 0.3) is 5.91 Å². The van der Waals surface area contributed by atoms with E-state index in [-0.39, 0.29) is 5.91 Å². The maximum atomic E-state index is 13.5. The predicted octanol–water partition coefficient (Wildman–Crippen LogP) is 3.65. The molecular formula is C26H32N4O2. The molecule has 1 aromatic carbocycles. The second kappa shape index (κ2) is 9.84. The van der Waals surface area contributed by atoms with Crippen molar-refractivity contribution in [2.24, 2.45) is 5.92 Å². The zero-order valence-electron chi connectivity index (χ0n) is 18.7. The summed E-state index contributed by atoms with van der Waals surface area (Å²) < 4.78 is 7.56. The standard InChI is InChI=1S/C26H32N4O2/c31-26(24-8-2-1-6-23(24)20-28-15-17-32-18-16-28)30-12-3-5-21(9-13-30)19-22-7-4-11-29-14-10-27-25(22)29/h1-2,4,6-8,10-11,14,21H,3,5,9,12-13,15-20H2. The summed E-state index contributed by atoms with van der Waals surface area (Å²) in [4.78, 5) is 22.5. The SMILES string of the molecule is O=C(c1ccccc1CN1CCOCC1)N1CCCC(Cc2cccn3ccnc23)CC1. The number of nitrogens with zero attached hydrogens (tertiary/aromatic N) is 4. The number of carbonyl (C=O) groups is 1. The van der Waals surface area contributed by atoms with E-state index in [9.17, 15) is 4.79 Å². The van der Waals surface area contributed by atoms with E-state index in [1.54, 1.807) is 0 Å². The van der Waals surface area contributed by atoms with Crippen LogP contribution in [0.2, 0.25) is 0 Å². The topological polar surface area (TPSA) is 50.1 Å². The molecule has 0 aliphatic carbocycles. The summed E-state index contributed by atoms with van der Waals surface area (Å²) >= 11 is 0. The first kappa shape index (κ1) is 21.2. The molecule has 0 bridgehead atoms. The summed E-state index contributed by atoms with van der Waals surface area (Å²) in [6.45, 7) is 5.89. The van der Waals surface area contributed by atoms with Crippen LogP contribution in [0.3, 0.4) is 0 Å². The minimum Gasteiger partial charge on any atom is -0.379 e. The fraction of sp³-hybridized carbons (Fsp3) is 0.462. The van der Waals surface area contributed by atoms with E-state index in [2.05, 4.69) is 37.4 Å². The Balaban J connectivity index is 1.24. The van der Waals surface area contributed by atoms with Gasteiger partial charge in [-0.3, -0.25) is 9.69 Å². The van der Waals surface area contributed by atoms with Crippen LogP contribution in [0.15, 0.2) is 55.0 Å². The van der Waals surface area contributed by atoms with Crippen molar-refractivity contribution < 1.29 is 9.53 Å². The van der Waals surface area contributed by atoms with Gasteiger partial charge in [0.05, 0.1) is 13.2 Å². The van der Waals surface area contributed by atoms with Gasteiger partial charge >= 0.3 is 0 Å². The van der Waals surface area contributed by atoms with Gasteiger partial charge in [0, 0.05) is 56.9 Å². The normalized spacial score (nSPS) is 20.4. The van der Waals surface area contributed by atoms with Crippen molar-refractivity contribution >= 4 is 11.6 Å². The van der Waals surface area contributed by atoms with Crippen LogP contribution in [0.4, 0.5) is 0 Å². The number of hydrogen-bond acceptors (Lipinski definition) is 4. The number of fused-ring (bicyclic) bond motifs is 1. The van der Waals surface area contributed by atoms with Crippen molar-refractivity contribution in [2.45, 2.75) is 32.2 Å². The molecule has 6 nitrogen and oxygen atoms in total. The lowest BCUT2D eigenvalue weighted by atomic mass is 9.93. The van der Waals surface area contributed by atoms with E-state index < -0.39 is 0 Å². The zero-order valence-corrected chi connectivity index (χ0v) is 18.7. The highest BCUT2D eigenvalue weighted by molar-refractivity contribution is 5.95. The van der Waals surface area contributed by atoms with Crippen LogP contribution in [-0.4, -0.2) is 64.5 Å². The summed E-state index contributed by atoms with van der Waals surface area (Å²) in [6.07, 6.45) is 10.2. The monoisotopic (exact) mass is 432 g/mol. The molecule has 168 valence electrons. The molecule has 2 aromatic heterocycles. The first-order valence-corrected chi connectivity index (χ1v) is 11.9. The largest absolute Gasteiger partial charge is 0.379 e. The minimum atomic E-state index is 0.185. The van der Waals surface area contributed by atoms with Gasteiger partial charge < -0.3 is 14.0 Å². The molecule has 1 amide bonds. The molecule has 2 aliphatic rings. The maximum Gasteiger partial charge on any atom is 0.254 e. The number of ether oxygens (including phenoxy) is 1. The van der Waals surface area contributed by atoms with Gasteiger partial charge in [-0.25, -0.2) is 4.98 Å². The fourth-order valence-electron chi connectivity index (χ4n) is 5.09. The number of carbonyl (C=O) groups excluding carboxylic acids is 1. The first-order valence-electron chi connectivity index (χ1n) is 11.9. The molecular weight excluding hydrogens is 400 g/mol.